The molecule has 0 unspecified atom stereocenters. The van der Waals surface area contributed by atoms with Crippen LogP contribution in [0.4, 0.5) is 0 Å². The molecule has 0 saturated carbocycles. The van der Waals surface area contributed by atoms with Crippen molar-refractivity contribution in [2.24, 2.45) is 5.41 Å². The van der Waals surface area contributed by atoms with Gasteiger partial charge in [-0.25, -0.2) is 0 Å². The lowest BCUT2D eigenvalue weighted by Crippen LogP contribution is -2.57. The topological polar surface area (TPSA) is 18.5 Å². The van der Waals surface area contributed by atoms with Gasteiger partial charge in [-0.3, -0.25) is 0 Å². The molecule has 2 nitrogen and oxygen atoms in total. The molecule has 0 radical (unpaired) electrons. The van der Waals surface area contributed by atoms with Gasteiger partial charge < -0.3 is 8.85 Å². The van der Waals surface area contributed by atoms with E-state index in [1.54, 1.807) is 0 Å². The van der Waals surface area contributed by atoms with Crippen molar-refractivity contribution in [1.82, 2.24) is 0 Å². The molecule has 0 amide bonds. The maximum absolute atomic E-state index is 5.76. The van der Waals surface area contributed by atoms with Gasteiger partial charge >= 0.3 is 8.56 Å². The largest absolute Gasteiger partial charge is 0.394 e. The second kappa shape index (κ2) is 3.48. The minimum atomic E-state index is -1.68. The average Bonchev–Trinajstić information content (AvgIpc) is 1.83. The van der Waals surface area contributed by atoms with Gasteiger partial charge in [0.2, 0.25) is 0 Å². The van der Waals surface area contributed by atoms with Crippen molar-refractivity contribution < 1.29 is 8.85 Å². The second-order valence-corrected chi connectivity index (χ2v) is 7.40. The molecule has 0 aromatic rings. The van der Waals surface area contributed by atoms with E-state index in [1.807, 2.05) is 0 Å². The summed E-state index contributed by atoms with van der Waals surface area (Å²) in [6.45, 7) is 10.3. The minimum Gasteiger partial charge on any atom is -0.394 e. The van der Waals surface area contributed by atoms with Gasteiger partial charge in [0.25, 0.3) is 0 Å². The summed E-state index contributed by atoms with van der Waals surface area (Å²) in [7, 11) is -1.68. The van der Waals surface area contributed by atoms with Crippen molar-refractivity contribution >= 4 is 8.56 Å². The van der Waals surface area contributed by atoms with Crippen molar-refractivity contribution in [2.75, 3.05) is 13.2 Å². The summed E-state index contributed by atoms with van der Waals surface area (Å²) in [5, 5.41) is 0. The van der Waals surface area contributed by atoms with Crippen LogP contribution in [0, 0.1) is 5.41 Å². The molecule has 3 heteroatoms. The molecule has 0 aliphatic carbocycles. The van der Waals surface area contributed by atoms with Crippen molar-refractivity contribution in [1.29, 1.82) is 0 Å². The first-order chi connectivity index (χ1) is 5.54. The molecular formula is C9H20O2Si. The lowest BCUT2D eigenvalue weighted by Gasteiger charge is -2.49. The van der Waals surface area contributed by atoms with Gasteiger partial charge in [0, 0.05) is 13.2 Å². The van der Waals surface area contributed by atoms with E-state index in [2.05, 4.69) is 27.7 Å². The van der Waals surface area contributed by atoms with Gasteiger partial charge in [-0.1, -0.05) is 13.8 Å². The zero-order valence-electron chi connectivity index (χ0n) is 8.64. The van der Waals surface area contributed by atoms with Gasteiger partial charge in [-0.2, -0.15) is 0 Å². The van der Waals surface area contributed by atoms with Crippen LogP contribution >= 0.6 is 0 Å². The van der Waals surface area contributed by atoms with Crippen LogP contribution in [-0.2, 0) is 8.85 Å². The molecule has 1 heterocycles. The van der Waals surface area contributed by atoms with Crippen LogP contribution in [0.1, 0.15) is 27.7 Å². The number of hydrogen-bond acceptors (Lipinski definition) is 2. The molecule has 0 aromatic heterocycles. The summed E-state index contributed by atoms with van der Waals surface area (Å²) in [5.74, 6) is 0. The van der Waals surface area contributed by atoms with Crippen molar-refractivity contribution in [3.05, 3.63) is 0 Å². The Morgan fingerprint density at radius 3 is 1.75 bits per heavy atom. The summed E-state index contributed by atoms with van der Waals surface area (Å²) < 4.78 is 11.5. The minimum absolute atomic E-state index is 0.469. The monoisotopic (exact) mass is 188 g/mol. The molecule has 0 bridgehead atoms. The van der Waals surface area contributed by atoms with E-state index in [-0.39, 0.29) is 0 Å². The normalized spacial score (nSPS) is 25.0. The summed E-state index contributed by atoms with van der Waals surface area (Å²) in [4.78, 5) is 0. The van der Waals surface area contributed by atoms with Crippen LogP contribution in [0.5, 0.6) is 0 Å². The summed E-state index contributed by atoms with van der Waals surface area (Å²) >= 11 is 0. The molecule has 1 rings (SSSR count). The predicted octanol–water partition coefficient (Wildman–Crippen LogP) is 2.54. The van der Waals surface area contributed by atoms with Gasteiger partial charge in [-0.15, -0.1) is 0 Å². The Morgan fingerprint density at radius 1 is 1.08 bits per heavy atom. The van der Waals surface area contributed by atoms with Crippen molar-refractivity contribution in [2.45, 2.75) is 39.8 Å². The van der Waals surface area contributed by atoms with Crippen molar-refractivity contribution in [3.8, 4) is 0 Å². The summed E-state index contributed by atoms with van der Waals surface area (Å²) in [5.41, 5.74) is 0.469. The maximum atomic E-state index is 5.76. The molecule has 72 valence electrons. The average molecular weight is 188 g/mol. The highest BCUT2D eigenvalue weighted by molar-refractivity contribution is 6.70. The van der Waals surface area contributed by atoms with Crippen LogP contribution in [0.2, 0.25) is 12.1 Å². The van der Waals surface area contributed by atoms with E-state index in [1.165, 1.54) is 12.1 Å². The van der Waals surface area contributed by atoms with Gasteiger partial charge in [-0.05, 0) is 31.4 Å². The number of hydrogen-bond donors (Lipinski definition) is 0. The third kappa shape index (κ3) is 2.09. The predicted molar refractivity (Wildman–Crippen MR) is 52.4 cm³/mol. The van der Waals surface area contributed by atoms with Gasteiger partial charge in [0.15, 0.2) is 0 Å². The molecule has 1 saturated heterocycles. The molecular weight excluding hydrogens is 168 g/mol. The fourth-order valence-corrected chi connectivity index (χ4v) is 6.54. The van der Waals surface area contributed by atoms with E-state index < -0.39 is 8.56 Å². The zero-order chi connectivity index (χ0) is 9.24. The highest BCUT2D eigenvalue weighted by Gasteiger charge is 2.55. The Labute approximate surface area is 76.5 Å². The van der Waals surface area contributed by atoms with Crippen molar-refractivity contribution in [3.63, 3.8) is 0 Å². The van der Waals surface area contributed by atoms with Crippen LogP contribution in [0.15, 0.2) is 0 Å². The third-order valence-corrected chi connectivity index (χ3v) is 6.93. The fraction of sp³-hybridized carbons (Fsp3) is 1.00. The highest BCUT2D eigenvalue weighted by atomic mass is 28.4. The van der Waals surface area contributed by atoms with E-state index in [9.17, 15) is 0 Å². The lowest BCUT2D eigenvalue weighted by molar-refractivity contribution is 0.128. The molecule has 1 fully saturated rings. The first kappa shape index (κ1) is 10.2. The quantitative estimate of drug-likeness (QED) is 0.631. The molecule has 0 N–H and O–H groups in total. The highest BCUT2D eigenvalue weighted by Crippen LogP contribution is 2.49. The molecule has 12 heavy (non-hydrogen) atoms. The molecule has 0 aromatic carbocycles. The lowest BCUT2D eigenvalue weighted by atomic mass is 9.98. The first-order valence-corrected chi connectivity index (χ1v) is 7.04. The third-order valence-electron chi connectivity index (χ3n) is 2.31. The van der Waals surface area contributed by atoms with E-state index in [0.29, 0.717) is 5.41 Å². The Kier molecular flexibility index (Phi) is 2.96. The Balaban J connectivity index is 2.43. The second-order valence-electron chi connectivity index (χ2n) is 4.29. The zero-order valence-corrected chi connectivity index (χ0v) is 9.64. The van der Waals surface area contributed by atoms with Gasteiger partial charge in [0.1, 0.15) is 0 Å². The molecule has 1 aliphatic heterocycles. The molecule has 1 aliphatic rings. The Morgan fingerprint density at radius 2 is 1.50 bits per heavy atom. The van der Waals surface area contributed by atoms with Gasteiger partial charge in [0.05, 0.1) is 0 Å². The number of rotatable bonds is 4. The summed E-state index contributed by atoms with van der Waals surface area (Å²) in [6, 6.07) is 2.34. The smallest absolute Gasteiger partial charge is 0.339 e. The maximum Gasteiger partial charge on any atom is 0.339 e. The van der Waals surface area contributed by atoms with E-state index in [0.717, 1.165) is 13.2 Å². The van der Waals surface area contributed by atoms with Crippen LogP contribution in [-0.4, -0.2) is 21.8 Å². The van der Waals surface area contributed by atoms with Crippen LogP contribution in [0.3, 0.4) is 0 Å². The Hall–Kier alpha value is 0.137. The fourth-order valence-electron chi connectivity index (χ4n) is 2.18. The summed E-state index contributed by atoms with van der Waals surface area (Å²) in [6.07, 6.45) is 0. The molecule has 0 spiro atoms. The van der Waals surface area contributed by atoms with E-state index >= 15 is 0 Å². The van der Waals surface area contributed by atoms with Crippen LogP contribution in [0.25, 0.3) is 0 Å². The van der Waals surface area contributed by atoms with E-state index in [4.69, 9.17) is 8.85 Å². The standard InChI is InChI=1S/C9H20O2Si/c1-5-10-12(11-6-2)7-9(3,4)8-12/h5-8H2,1-4H3. The first-order valence-electron chi connectivity index (χ1n) is 4.81. The SMILES string of the molecule is CCO[Si]1(OCC)CC(C)(C)C1. The Bertz CT molecular complexity index is 141. The van der Waals surface area contributed by atoms with Crippen LogP contribution < -0.4 is 0 Å². The molecule has 0 atom stereocenters.